The summed E-state index contributed by atoms with van der Waals surface area (Å²) in [7, 11) is -3.61. The molecule has 0 bridgehead atoms. The molecule has 0 spiro atoms. The standard InChI is InChI=1S/C20H29N3O2S/c1-15-10-9-11-16(2)23(15)26(24,25)18-14-22(17-12-7-6-8-13-17)21-19(18)20(3,4)5/h6-8,12-16H,9-11H2,1-5H3. The van der Waals surface area contributed by atoms with E-state index in [2.05, 4.69) is 5.10 Å². The molecule has 1 saturated heterocycles. The molecule has 2 aromatic rings. The summed E-state index contributed by atoms with van der Waals surface area (Å²) in [5.74, 6) is 0. The van der Waals surface area contributed by atoms with Crippen molar-refractivity contribution in [3.8, 4) is 5.69 Å². The first-order chi connectivity index (χ1) is 12.1. The Morgan fingerprint density at radius 3 is 2.15 bits per heavy atom. The van der Waals surface area contributed by atoms with E-state index in [4.69, 9.17) is 0 Å². The largest absolute Gasteiger partial charge is 0.247 e. The number of sulfonamides is 1. The maximum atomic E-state index is 13.6. The van der Waals surface area contributed by atoms with Crippen molar-refractivity contribution >= 4 is 10.0 Å². The molecule has 0 radical (unpaired) electrons. The highest BCUT2D eigenvalue weighted by Gasteiger charge is 2.40. The first-order valence-corrected chi connectivity index (χ1v) is 10.8. The topological polar surface area (TPSA) is 55.2 Å². The van der Waals surface area contributed by atoms with E-state index in [1.165, 1.54) is 0 Å². The summed E-state index contributed by atoms with van der Waals surface area (Å²) in [6.45, 7) is 10.0. The molecule has 6 heteroatoms. The highest BCUT2D eigenvalue weighted by atomic mass is 32.2. The molecule has 1 aliphatic rings. The fraction of sp³-hybridized carbons (Fsp3) is 0.550. The lowest BCUT2D eigenvalue weighted by Crippen LogP contribution is -2.47. The number of nitrogens with zero attached hydrogens (tertiary/aromatic N) is 3. The van der Waals surface area contributed by atoms with Gasteiger partial charge in [0.05, 0.1) is 17.6 Å². The maximum Gasteiger partial charge on any atom is 0.247 e. The predicted octanol–water partition coefficient (Wildman–Crippen LogP) is 4.12. The molecule has 0 saturated carbocycles. The van der Waals surface area contributed by atoms with E-state index < -0.39 is 10.0 Å². The van der Waals surface area contributed by atoms with Crippen LogP contribution in [-0.2, 0) is 15.4 Å². The number of aromatic nitrogens is 2. The predicted molar refractivity (Wildman–Crippen MR) is 104 cm³/mol. The van der Waals surface area contributed by atoms with Gasteiger partial charge in [-0.15, -0.1) is 0 Å². The SMILES string of the molecule is CC1CCCC(C)N1S(=O)(=O)c1cn(-c2ccccc2)nc1C(C)(C)C. The molecule has 5 nitrogen and oxygen atoms in total. The zero-order chi connectivity index (χ0) is 19.1. The van der Waals surface area contributed by atoms with E-state index in [1.807, 2.05) is 65.0 Å². The van der Waals surface area contributed by atoms with Gasteiger partial charge in [-0.25, -0.2) is 13.1 Å². The van der Waals surface area contributed by atoms with E-state index in [0.717, 1.165) is 24.9 Å². The minimum absolute atomic E-state index is 0.0108. The van der Waals surface area contributed by atoms with Crippen molar-refractivity contribution < 1.29 is 8.42 Å². The van der Waals surface area contributed by atoms with Crippen LogP contribution in [0.2, 0.25) is 0 Å². The second-order valence-electron chi connectivity index (χ2n) is 8.34. The fourth-order valence-electron chi connectivity index (χ4n) is 3.76. The lowest BCUT2D eigenvalue weighted by molar-refractivity contribution is 0.204. The molecule has 1 aliphatic heterocycles. The Balaban J connectivity index is 2.15. The highest BCUT2D eigenvalue weighted by Crippen LogP contribution is 2.35. The quantitative estimate of drug-likeness (QED) is 0.811. The first-order valence-electron chi connectivity index (χ1n) is 9.31. The second-order valence-corrected chi connectivity index (χ2v) is 10.1. The number of rotatable bonds is 3. The highest BCUT2D eigenvalue weighted by molar-refractivity contribution is 7.89. The summed E-state index contributed by atoms with van der Waals surface area (Å²) in [6, 6.07) is 9.68. The van der Waals surface area contributed by atoms with Crippen molar-refractivity contribution in [3.05, 3.63) is 42.2 Å². The van der Waals surface area contributed by atoms with Gasteiger partial charge in [-0.1, -0.05) is 45.4 Å². The molecule has 1 aromatic carbocycles. The van der Waals surface area contributed by atoms with Gasteiger partial charge in [0.15, 0.2) is 0 Å². The molecule has 0 amide bonds. The summed E-state index contributed by atoms with van der Waals surface area (Å²) in [4.78, 5) is 0.328. The minimum Gasteiger partial charge on any atom is -0.239 e. The Bertz CT molecular complexity index is 856. The van der Waals surface area contributed by atoms with Crippen molar-refractivity contribution in [2.24, 2.45) is 0 Å². The van der Waals surface area contributed by atoms with Crippen LogP contribution >= 0.6 is 0 Å². The van der Waals surface area contributed by atoms with Crippen LogP contribution in [0.5, 0.6) is 0 Å². The minimum atomic E-state index is -3.61. The van der Waals surface area contributed by atoms with Gasteiger partial charge in [-0.3, -0.25) is 0 Å². The number of hydrogen-bond donors (Lipinski definition) is 0. The second kappa shape index (κ2) is 6.82. The molecule has 0 aliphatic carbocycles. The van der Waals surface area contributed by atoms with E-state index in [0.29, 0.717) is 10.6 Å². The molecule has 2 atom stereocenters. The lowest BCUT2D eigenvalue weighted by Gasteiger charge is -2.37. The monoisotopic (exact) mass is 375 g/mol. The van der Waals surface area contributed by atoms with Gasteiger partial charge in [0.1, 0.15) is 4.90 Å². The van der Waals surface area contributed by atoms with Crippen molar-refractivity contribution in [3.63, 3.8) is 0 Å². The summed E-state index contributed by atoms with van der Waals surface area (Å²) in [6.07, 6.45) is 4.56. The third-order valence-corrected chi connectivity index (χ3v) is 7.21. The third-order valence-electron chi connectivity index (χ3n) is 5.08. The average molecular weight is 376 g/mol. The third kappa shape index (κ3) is 3.45. The zero-order valence-electron chi connectivity index (χ0n) is 16.3. The Kier molecular flexibility index (Phi) is 5.01. The molecule has 2 unspecified atom stereocenters. The maximum absolute atomic E-state index is 13.6. The van der Waals surface area contributed by atoms with Gasteiger partial charge in [-0.05, 0) is 38.8 Å². The van der Waals surface area contributed by atoms with Gasteiger partial charge in [-0.2, -0.15) is 9.40 Å². The van der Waals surface area contributed by atoms with Gasteiger partial charge < -0.3 is 0 Å². The number of para-hydroxylation sites is 1. The Labute approximate surface area is 157 Å². The molecular weight excluding hydrogens is 346 g/mol. The summed E-state index contributed by atoms with van der Waals surface area (Å²) >= 11 is 0. The molecule has 3 rings (SSSR count). The fourth-order valence-corrected chi connectivity index (χ4v) is 5.97. The van der Waals surface area contributed by atoms with Gasteiger partial charge >= 0.3 is 0 Å². The Hall–Kier alpha value is -1.66. The van der Waals surface area contributed by atoms with Crippen molar-refractivity contribution in [2.75, 3.05) is 0 Å². The molecule has 142 valence electrons. The van der Waals surface area contributed by atoms with Crippen LogP contribution in [0.15, 0.2) is 41.4 Å². The Morgan fingerprint density at radius 1 is 1.04 bits per heavy atom. The zero-order valence-corrected chi connectivity index (χ0v) is 17.1. The molecular formula is C20H29N3O2S. The summed E-state index contributed by atoms with van der Waals surface area (Å²) < 4.78 is 30.6. The van der Waals surface area contributed by atoms with Crippen molar-refractivity contribution in [1.82, 2.24) is 14.1 Å². The molecule has 0 N–H and O–H groups in total. The van der Waals surface area contributed by atoms with Gasteiger partial charge in [0.25, 0.3) is 0 Å². The van der Waals surface area contributed by atoms with E-state index >= 15 is 0 Å². The summed E-state index contributed by atoms with van der Waals surface area (Å²) in [5, 5.41) is 4.67. The lowest BCUT2D eigenvalue weighted by atomic mass is 9.92. The van der Waals surface area contributed by atoms with Crippen LogP contribution < -0.4 is 0 Å². The first kappa shape index (κ1) is 19.1. The van der Waals surface area contributed by atoms with E-state index in [1.54, 1.807) is 15.2 Å². The molecule has 1 aromatic heterocycles. The number of benzene rings is 1. The van der Waals surface area contributed by atoms with Crippen molar-refractivity contribution in [2.45, 2.75) is 76.3 Å². The smallest absolute Gasteiger partial charge is 0.239 e. The molecule has 1 fully saturated rings. The normalized spacial score (nSPS) is 22.5. The van der Waals surface area contributed by atoms with E-state index in [-0.39, 0.29) is 17.5 Å². The molecule has 26 heavy (non-hydrogen) atoms. The van der Waals surface area contributed by atoms with Crippen LogP contribution in [0.4, 0.5) is 0 Å². The van der Waals surface area contributed by atoms with Gasteiger partial charge in [0, 0.05) is 17.5 Å². The van der Waals surface area contributed by atoms with Crippen LogP contribution in [-0.4, -0.2) is 34.6 Å². The average Bonchev–Trinajstić information content (AvgIpc) is 3.02. The van der Waals surface area contributed by atoms with Crippen LogP contribution in [0, 0.1) is 0 Å². The number of hydrogen-bond acceptors (Lipinski definition) is 3. The van der Waals surface area contributed by atoms with Crippen molar-refractivity contribution in [1.29, 1.82) is 0 Å². The van der Waals surface area contributed by atoms with E-state index in [9.17, 15) is 8.42 Å². The van der Waals surface area contributed by atoms with Crippen LogP contribution in [0.25, 0.3) is 5.69 Å². The molecule has 2 heterocycles. The number of piperidine rings is 1. The summed E-state index contributed by atoms with van der Waals surface area (Å²) in [5.41, 5.74) is 1.11. The van der Waals surface area contributed by atoms with Crippen LogP contribution in [0.1, 0.15) is 59.6 Å². The van der Waals surface area contributed by atoms with Gasteiger partial charge in [0.2, 0.25) is 10.0 Å². The Morgan fingerprint density at radius 2 is 1.62 bits per heavy atom. The van der Waals surface area contributed by atoms with Crippen LogP contribution in [0.3, 0.4) is 0 Å².